The molecule has 1 amide bonds. The molecule has 0 aromatic heterocycles. The van der Waals surface area contributed by atoms with Crippen molar-refractivity contribution in [1.29, 1.82) is 0 Å². The van der Waals surface area contributed by atoms with Crippen LogP contribution in [0.3, 0.4) is 0 Å². The van der Waals surface area contributed by atoms with Crippen molar-refractivity contribution in [3.05, 3.63) is 56.0 Å². The molecule has 0 aliphatic carbocycles. The van der Waals surface area contributed by atoms with Crippen LogP contribution >= 0.6 is 44.3 Å². The third-order valence-electron chi connectivity index (χ3n) is 4.45. The topological polar surface area (TPSA) is 84.6 Å². The predicted molar refractivity (Wildman–Crippen MR) is 109 cm³/mol. The molecule has 4 N–H and O–H groups in total. The van der Waals surface area contributed by atoms with Gasteiger partial charge in [0.15, 0.2) is 0 Å². The van der Waals surface area contributed by atoms with Crippen molar-refractivity contribution in [3.63, 3.8) is 0 Å². The average Bonchev–Trinajstić information content (AvgIpc) is 2.54. The third-order valence-corrected chi connectivity index (χ3v) is 5.63. The Morgan fingerprint density at radius 1 is 1.38 bits per heavy atom. The zero-order chi connectivity index (χ0) is 18.2. The Labute approximate surface area is 175 Å². The number of carbonyl (C=O) groups excluding carboxylic acids is 1. The monoisotopic (exact) mass is 503 g/mol. The molecule has 2 aromatic rings. The summed E-state index contributed by atoms with van der Waals surface area (Å²) in [5.41, 5.74) is 7.33. The number of carbonyl (C=O) groups is 1. The summed E-state index contributed by atoms with van der Waals surface area (Å²) in [6, 6.07) is 9.88. The van der Waals surface area contributed by atoms with Crippen LogP contribution in [-0.2, 0) is 23.2 Å². The lowest BCUT2D eigenvalue weighted by Gasteiger charge is -2.38. The summed E-state index contributed by atoms with van der Waals surface area (Å²) in [5, 5.41) is 13.0. The Balaban J connectivity index is 0.00000243. The highest BCUT2D eigenvalue weighted by atomic mass is 79.9. The van der Waals surface area contributed by atoms with Crippen LogP contribution in [-0.4, -0.2) is 24.7 Å². The van der Waals surface area contributed by atoms with Gasteiger partial charge in [0.1, 0.15) is 17.0 Å². The Morgan fingerprint density at radius 2 is 2.04 bits per heavy atom. The number of phenolic OH excluding ortho intramolecular Hbond substituents is 1. The van der Waals surface area contributed by atoms with Crippen molar-refractivity contribution in [2.45, 2.75) is 18.4 Å². The Morgan fingerprint density at radius 3 is 2.62 bits per heavy atom. The normalized spacial score (nSPS) is 18.6. The van der Waals surface area contributed by atoms with Crippen molar-refractivity contribution in [2.24, 2.45) is 5.73 Å². The summed E-state index contributed by atoms with van der Waals surface area (Å²) in [6.45, 7) is 0.595. The van der Waals surface area contributed by atoms with Crippen LogP contribution in [0.4, 0.5) is 0 Å². The van der Waals surface area contributed by atoms with E-state index in [1.807, 2.05) is 12.1 Å². The minimum atomic E-state index is -1.05. The number of hydrogen-bond acceptors (Lipinski definition) is 4. The molecule has 5 nitrogen and oxygen atoms in total. The SMILES string of the molecule is COc1c(Br)cc(CC2(C(N)=O)NCCc3cc(O)[c]cc32)cc1Br.Cl. The number of phenols is 1. The Bertz CT molecular complexity index is 824. The highest BCUT2D eigenvalue weighted by Crippen LogP contribution is 2.38. The predicted octanol–water partition coefficient (Wildman–Crippen LogP) is 3.22. The van der Waals surface area contributed by atoms with Gasteiger partial charge in [-0.3, -0.25) is 10.1 Å². The summed E-state index contributed by atoms with van der Waals surface area (Å²) < 4.78 is 6.90. The first-order valence-corrected chi connectivity index (χ1v) is 9.27. The van der Waals surface area contributed by atoms with Crippen molar-refractivity contribution in [3.8, 4) is 11.5 Å². The molecular weight excluding hydrogens is 487 g/mol. The van der Waals surface area contributed by atoms with Crippen molar-refractivity contribution >= 4 is 50.2 Å². The molecule has 2 aromatic carbocycles. The number of halogens is 3. The molecule has 0 saturated heterocycles. The van der Waals surface area contributed by atoms with Gasteiger partial charge in [-0.25, -0.2) is 0 Å². The van der Waals surface area contributed by atoms with Gasteiger partial charge in [-0.05, 0) is 79.2 Å². The first-order valence-electron chi connectivity index (χ1n) is 7.68. The maximum Gasteiger partial charge on any atom is 0.242 e. The molecule has 0 saturated carbocycles. The van der Waals surface area contributed by atoms with Gasteiger partial charge >= 0.3 is 0 Å². The minimum absolute atomic E-state index is 0. The Kier molecular flexibility index (Phi) is 6.60. The number of rotatable bonds is 4. The van der Waals surface area contributed by atoms with E-state index in [1.54, 1.807) is 19.2 Å². The first kappa shape index (κ1) is 21.0. The van der Waals surface area contributed by atoms with E-state index in [0.29, 0.717) is 25.1 Å². The highest BCUT2D eigenvalue weighted by Gasteiger charge is 2.42. The molecule has 1 heterocycles. The fourth-order valence-electron chi connectivity index (χ4n) is 3.31. The van der Waals surface area contributed by atoms with Gasteiger partial charge in [-0.2, -0.15) is 0 Å². The molecule has 1 radical (unpaired) electrons. The number of hydrogen-bond donors (Lipinski definition) is 3. The largest absolute Gasteiger partial charge is 0.507 e. The number of benzene rings is 2. The molecule has 139 valence electrons. The van der Waals surface area contributed by atoms with E-state index in [2.05, 4.69) is 43.2 Å². The zero-order valence-corrected chi connectivity index (χ0v) is 17.9. The summed E-state index contributed by atoms with van der Waals surface area (Å²) in [4.78, 5) is 12.5. The van der Waals surface area contributed by atoms with E-state index in [9.17, 15) is 9.90 Å². The van der Waals surface area contributed by atoms with Crippen LogP contribution < -0.4 is 15.8 Å². The highest BCUT2D eigenvalue weighted by molar-refractivity contribution is 9.11. The maximum absolute atomic E-state index is 12.5. The lowest BCUT2D eigenvalue weighted by atomic mass is 9.77. The van der Waals surface area contributed by atoms with Crippen molar-refractivity contribution < 1.29 is 14.6 Å². The van der Waals surface area contributed by atoms with Crippen LogP contribution in [0.25, 0.3) is 0 Å². The zero-order valence-electron chi connectivity index (χ0n) is 13.9. The number of ether oxygens (including phenoxy) is 1. The maximum atomic E-state index is 12.5. The van der Waals surface area contributed by atoms with E-state index in [-0.39, 0.29) is 18.2 Å². The molecule has 26 heavy (non-hydrogen) atoms. The molecule has 1 unspecified atom stereocenters. The second-order valence-electron chi connectivity index (χ2n) is 5.97. The number of nitrogens with two attached hydrogens (primary N) is 1. The van der Waals surface area contributed by atoms with Gasteiger partial charge in [0.2, 0.25) is 5.91 Å². The number of aromatic hydroxyl groups is 1. The number of nitrogens with one attached hydrogen (secondary N) is 1. The van der Waals surface area contributed by atoms with Gasteiger partial charge in [0.25, 0.3) is 0 Å². The summed E-state index contributed by atoms with van der Waals surface area (Å²) >= 11 is 6.98. The molecule has 3 rings (SSSR count). The van der Waals surface area contributed by atoms with Crippen LogP contribution in [0.5, 0.6) is 11.5 Å². The van der Waals surface area contributed by atoms with Crippen molar-refractivity contribution in [1.82, 2.24) is 5.32 Å². The smallest absolute Gasteiger partial charge is 0.242 e. The molecule has 8 heteroatoms. The number of amides is 1. The summed E-state index contributed by atoms with van der Waals surface area (Å²) in [5.74, 6) is 0.289. The lowest BCUT2D eigenvalue weighted by Crippen LogP contribution is -2.57. The van der Waals surface area contributed by atoms with E-state index in [0.717, 1.165) is 25.6 Å². The molecule has 1 aliphatic heterocycles. The lowest BCUT2D eigenvalue weighted by molar-refractivity contribution is -0.125. The molecular formula is C18H18Br2ClN2O3. The third kappa shape index (κ3) is 3.71. The van der Waals surface area contributed by atoms with Crippen LogP contribution in [0, 0.1) is 6.07 Å². The van der Waals surface area contributed by atoms with Crippen LogP contribution in [0.1, 0.15) is 16.7 Å². The van der Waals surface area contributed by atoms with Gasteiger partial charge in [-0.15, -0.1) is 12.4 Å². The van der Waals surface area contributed by atoms with Gasteiger partial charge in [0, 0.05) is 19.0 Å². The molecule has 0 spiro atoms. The molecule has 0 bridgehead atoms. The average molecular weight is 506 g/mol. The van der Waals surface area contributed by atoms with Crippen LogP contribution in [0.2, 0.25) is 0 Å². The van der Waals surface area contributed by atoms with E-state index in [4.69, 9.17) is 10.5 Å². The molecule has 1 atom stereocenters. The summed E-state index contributed by atoms with van der Waals surface area (Å²) in [6.07, 6.45) is 1.08. The fraction of sp³-hybridized carbons (Fsp3) is 0.278. The van der Waals surface area contributed by atoms with E-state index in [1.165, 1.54) is 0 Å². The second kappa shape index (κ2) is 8.17. The quantitative estimate of drug-likeness (QED) is 0.596. The van der Waals surface area contributed by atoms with E-state index >= 15 is 0 Å². The fourth-order valence-corrected chi connectivity index (χ4v) is 4.92. The van der Waals surface area contributed by atoms with Gasteiger partial charge in [0.05, 0.1) is 16.1 Å². The first-order chi connectivity index (χ1) is 11.9. The molecule has 0 fully saturated rings. The Hall–Kier alpha value is -1.28. The molecule has 1 aliphatic rings. The van der Waals surface area contributed by atoms with Gasteiger partial charge < -0.3 is 15.6 Å². The van der Waals surface area contributed by atoms with Crippen LogP contribution in [0.15, 0.2) is 33.2 Å². The second-order valence-corrected chi connectivity index (χ2v) is 7.68. The number of fused-ring (bicyclic) bond motifs is 1. The van der Waals surface area contributed by atoms with Crippen molar-refractivity contribution in [2.75, 3.05) is 13.7 Å². The minimum Gasteiger partial charge on any atom is -0.507 e. The van der Waals surface area contributed by atoms with Gasteiger partial charge in [-0.1, -0.05) is 0 Å². The number of primary amides is 1. The number of methoxy groups -OCH3 is 1. The standard InChI is InChI=1S/C18H17Br2N2O3.ClH/c1-25-16-14(19)6-10(7-15(16)20)9-18(17(21)24)13-3-2-12(23)8-11(13)4-5-22-18;/h3,6-8,22-23H,4-5,9H2,1H3,(H2,21,24);1H. The van der Waals surface area contributed by atoms with E-state index < -0.39 is 11.4 Å². The summed E-state index contributed by atoms with van der Waals surface area (Å²) in [7, 11) is 1.59.